The summed E-state index contributed by atoms with van der Waals surface area (Å²) < 4.78 is 26.3. The first-order valence-corrected chi connectivity index (χ1v) is 12.1. The fraction of sp³-hybridized carbons (Fsp3) is 0.160. The fourth-order valence-corrected chi connectivity index (χ4v) is 4.04. The van der Waals surface area contributed by atoms with Crippen molar-refractivity contribution in [3.63, 3.8) is 0 Å². The molecule has 4 rings (SSSR count). The van der Waals surface area contributed by atoms with Crippen molar-refractivity contribution >= 4 is 35.0 Å². The molecule has 1 heterocycles. The molecule has 0 unspecified atom stereocenters. The molecule has 1 amide bonds. The zero-order valence-electron chi connectivity index (χ0n) is 18.8. The van der Waals surface area contributed by atoms with Crippen LogP contribution < -0.4 is 14.8 Å². The second kappa shape index (κ2) is 11.7. The van der Waals surface area contributed by atoms with Crippen LogP contribution in [-0.2, 0) is 11.4 Å². The zero-order valence-corrected chi connectivity index (χ0v) is 20.4. The number of anilines is 1. The average molecular weight is 513 g/mol. The number of carbonyl (C=O) groups excluding carboxylic acids is 1. The highest BCUT2D eigenvalue weighted by atomic mass is 35.5. The Labute approximate surface area is 211 Å². The summed E-state index contributed by atoms with van der Waals surface area (Å²) in [4.78, 5) is 12.4. The van der Waals surface area contributed by atoms with Crippen molar-refractivity contribution in [2.75, 3.05) is 17.7 Å². The summed E-state index contributed by atoms with van der Waals surface area (Å²) in [5.41, 5.74) is 1.32. The molecule has 0 bridgehead atoms. The van der Waals surface area contributed by atoms with Crippen LogP contribution >= 0.6 is 23.4 Å². The van der Waals surface area contributed by atoms with Crippen molar-refractivity contribution in [3.05, 3.63) is 89.5 Å². The van der Waals surface area contributed by atoms with E-state index < -0.39 is 0 Å². The van der Waals surface area contributed by atoms with Gasteiger partial charge >= 0.3 is 0 Å². The van der Waals surface area contributed by atoms with E-state index in [0.717, 1.165) is 11.4 Å². The molecular formula is C25H22ClFN4O3S. The van der Waals surface area contributed by atoms with Crippen LogP contribution in [0.3, 0.4) is 0 Å². The predicted molar refractivity (Wildman–Crippen MR) is 134 cm³/mol. The molecule has 0 fully saturated rings. The number of amides is 1. The third kappa shape index (κ3) is 6.74. The van der Waals surface area contributed by atoms with Crippen LogP contribution in [0.25, 0.3) is 5.69 Å². The third-order valence-electron chi connectivity index (χ3n) is 4.75. The first-order valence-electron chi connectivity index (χ1n) is 10.8. The molecule has 0 spiro atoms. The van der Waals surface area contributed by atoms with E-state index in [1.165, 1.54) is 36.0 Å². The summed E-state index contributed by atoms with van der Waals surface area (Å²) in [6, 6.07) is 20.1. The Morgan fingerprint density at radius 3 is 2.31 bits per heavy atom. The Kier molecular flexibility index (Phi) is 8.23. The van der Waals surface area contributed by atoms with Crippen LogP contribution in [0.2, 0.25) is 5.02 Å². The minimum atomic E-state index is -0.367. The van der Waals surface area contributed by atoms with Gasteiger partial charge in [-0.3, -0.25) is 9.36 Å². The van der Waals surface area contributed by atoms with E-state index in [0.29, 0.717) is 34.0 Å². The normalized spacial score (nSPS) is 10.7. The van der Waals surface area contributed by atoms with Gasteiger partial charge in [-0.1, -0.05) is 23.4 Å². The number of rotatable bonds is 10. The maximum Gasteiger partial charge on any atom is 0.234 e. The highest BCUT2D eigenvalue weighted by Gasteiger charge is 2.17. The molecule has 0 aliphatic carbocycles. The van der Waals surface area contributed by atoms with Crippen LogP contribution in [0.4, 0.5) is 10.1 Å². The smallest absolute Gasteiger partial charge is 0.234 e. The summed E-state index contributed by atoms with van der Waals surface area (Å²) in [6.45, 7) is 2.65. The molecule has 10 heteroatoms. The molecule has 0 saturated heterocycles. The molecule has 0 saturated carbocycles. The van der Waals surface area contributed by atoms with Gasteiger partial charge in [-0.05, 0) is 79.7 Å². The largest absolute Gasteiger partial charge is 0.494 e. The first-order chi connectivity index (χ1) is 17.0. The van der Waals surface area contributed by atoms with Gasteiger partial charge in [0.05, 0.1) is 12.4 Å². The lowest BCUT2D eigenvalue weighted by molar-refractivity contribution is -0.113. The average Bonchev–Trinajstić information content (AvgIpc) is 3.27. The van der Waals surface area contributed by atoms with Gasteiger partial charge in [-0.15, -0.1) is 10.2 Å². The van der Waals surface area contributed by atoms with Crippen molar-refractivity contribution in [2.45, 2.75) is 18.7 Å². The molecular weight excluding hydrogens is 491 g/mol. The summed E-state index contributed by atoms with van der Waals surface area (Å²) in [6.07, 6.45) is 0. The predicted octanol–water partition coefficient (Wildman–Crippen LogP) is 5.77. The Morgan fingerprint density at radius 2 is 1.63 bits per heavy atom. The summed E-state index contributed by atoms with van der Waals surface area (Å²) >= 11 is 7.18. The number of hydrogen-bond acceptors (Lipinski definition) is 6. The second-order valence-corrected chi connectivity index (χ2v) is 8.63. The van der Waals surface area contributed by atoms with Gasteiger partial charge in [-0.2, -0.15) is 0 Å². The topological polar surface area (TPSA) is 78.3 Å². The molecule has 0 aliphatic heterocycles. The molecule has 0 aliphatic rings. The summed E-state index contributed by atoms with van der Waals surface area (Å²) in [7, 11) is 0. The van der Waals surface area contributed by atoms with Crippen LogP contribution in [0.15, 0.2) is 78.0 Å². The van der Waals surface area contributed by atoms with Crippen LogP contribution in [0, 0.1) is 5.82 Å². The van der Waals surface area contributed by atoms with E-state index in [4.69, 9.17) is 21.1 Å². The van der Waals surface area contributed by atoms with Gasteiger partial charge in [-0.25, -0.2) is 4.39 Å². The van der Waals surface area contributed by atoms with Gasteiger partial charge in [0.1, 0.15) is 23.9 Å². The number of carbonyl (C=O) groups is 1. The van der Waals surface area contributed by atoms with E-state index >= 15 is 0 Å². The minimum absolute atomic E-state index is 0.0879. The molecule has 4 aromatic rings. The molecule has 1 aromatic heterocycles. The van der Waals surface area contributed by atoms with Gasteiger partial charge < -0.3 is 14.8 Å². The van der Waals surface area contributed by atoms with Crippen LogP contribution in [0.1, 0.15) is 12.7 Å². The lowest BCUT2D eigenvalue weighted by atomic mass is 10.3. The fourth-order valence-electron chi connectivity index (χ4n) is 3.14. The van der Waals surface area contributed by atoms with Crippen molar-refractivity contribution in [2.24, 2.45) is 0 Å². The number of halogens is 2. The maximum atomic E-state index is 13.1. The lowest BCUT2D eigenvalue weighted by Gasteiger charge is -2.12. The Morgan fingerprint density at radius 1 is 0.971 bits per heavy atom. The highest BCUT2D eigenvalue weighted by molar-refractivity contribution is 7.99. The maximum absolute atomic E-state index is 13.1. The number of hydrogen-bond donors (Lipinski definition) is 1. The highest BCUT2D eigenvalue weighted by Crippen LogP contribution is 2.25. The number of aromatic nitrogens is 3. The number of thioether (sulfide) groups is 1. The number of benzene rings is 3. The van der Waals surface area contributed by atoms with E-state index in [2.05, 4.69) is 15.5 Å². The van der Waals surface area contributed by atoms with E-state index in [-0.39, 0.29) is 24.1 Å². The number of nitrogens with one attached hydrogen (secondary N) is 1. The van der Waals surface area contributed by atoms with Gasteiger partial charge in [0.25, 0.3) is 0 Å². The standard InChI is InChI=1S/C25H22ClFN4O3S/c1-2-33-21-13-9-20(10-14-21)31-23(15-34-22-11-3-17(26)4-12-22)29-30-25(31)35-16-24(32)28-19-7-5-18(27)6-8-19/h3-14H,2,15-16H2,1H3,(H,28,32). The molecule has 180 valence electrons. The van der Waals surface area contributed by atoms with E-state index in [9.17, 15) is 9.18 Å². The zero-order chi connectivity index (χ0) is 24.6. The Bertz CT molecular complexity index is 1270. The van der Waals surface area contributed by atoms with E-state index in [1.54, 1.807) is 24.3 Å². The Balaban J connectivity index is 1.51. The molecule has 35 heavy (non-hydrogen) atoms. The molecule has 3 aromatic carbocycles. The SMILES string of the molecule is CCOc1ccc(-n2c(COc3ccc(Cl)cc3)nnc2SCC(=O)Nc2ccc(F)cc2)cc1. The lowest BCUT2D eigenvalue weighted by Crippen LogP contribution is -2.14. The van der Waals surface area contributed by atoms with Crippen molar-refractivity contribution in [3.8, 4) is 17.2 Å². The minimum Gasteiger partial charge on any atom is -0.494 e. The van der Waals surface area contributed by atoms with Crippen molar-refractivity contribution in [1.29, 1.82) is 0 Å². The van der Waals surface area contributed by atoms with Gasteiger partial charge in [0.2, 0.25) is 5.91 Å². The number of nitrogens with zero attached hydrogens (tertiary/aromatic N) is 3. The summed E-state index contributed by atoms with van der Waals surface area (Å²) in [5, 5.41) is 12.5. The monoisotopic (exact) mass is 512 g/mol. The first kappa shape index (κ1) is 24.6. The Hall–Kier alpha value is -3.56. The van der Waals surface area contributed by atoms with E-state index in [1.807, 2.05) is 35.8 Å². The molecule has 0 atom stereocenters. The van der Waals surface area contributed by atoms with Crippen molar-refractivity contribution < 1.29 is 18.7 Å². The van der Waals surface area contributed by atoms with Crippen molar-refractivity contribution in [1.82, 2.24) is 14.8 Å². The molecule has 0 radical (unpaired) electrons. The quantitative estimate of drug-likeness (QED) is 0.272. The molecule has 1 N–H and O–H groups in total. The second-order valence-electron chi connectivity index (χ2n) is 7.25. The number of ether oxygens (including phenoxy) is 2. The summed E-state index contributed by atoms with van der Waals surface area (Å²) in [5.74, 6) is 1.42. The van der Waals surface area contributed by atoms with Gasteiger partial charge in [0, 0.05) is 16.4 Å². The van der Waals surface area contributed by atoms with Crippen LogP contribution in [-0.4, -0.2) is 33.0 Å². The van der Waals surface area contributed by atoms with Crippen LogP contribution in [0.5, 0.6) is 11.5 Å². The molecule has 7 nitrogen and oxygen atoms in total. The third-order valence-corrected chi connectivity index (χ3v) is 5.93. The van der Waals surface area contributed by atoms with Gasteiger partial charge in [0.15, 0.2) is 11.0 Å².